The third-order valence-electron chi connectivity index (χ3n) is 4.74. The average molecular weight is 383 g/mol. The molecule has 2 aliphatic rings. The molecule has 0 spiro atoms. The van der Waals surface area contributed by atoms with Crippen LogP contribution in [0.5, 0.6) is 0 Å². The Morgan fingerprint density at radius 3 is 2.21 bits per heavy atom. The van der Waals surface area contributed by atoms with E-state index in [9.17, 15) is 0 Å². The van der Waals surface area contributed by atoms with Crippen LogP contribution >= 0.6 is 0 Å². The summed E-state index contributed by atoms with van der Waals surface area (Å²) in [5.74, 6) is -0.759. The molecular weight excluding hydrogens is 352 g/mol. The molecule has 0 saturated carbocycles. The largest absolute Gasteiger partial charge is 0.541 e. The Labute approximate surface area is 146 Å². The molecule has 2 rings (SSSR count). The highest BCUT2D eigenvalue weighted by atomic mass is 29.3. The van der Waals surface area contributed by atoms with Gasteiger partial charge in [-0.15, -0.1) is 0 Å². The number of methoxy groups -OCH3 is 1. The second kappa shape index (κ2) is 8.67. The van der Waals surface area contributed by atoms with Gasteiger partial charge >= 0.3 is 16.4 Å². The van der Waals surface area contributed by atoms with Gasteiger partial charge in [-0.3, -0.25) is 0 Å². The van der Waals surface area contributed by atoms with E-state index in [0.717, 1.165) is 13.0 Å². The zero-order valence-electron chi connectivity index (χ0n) is 15.3. The summed E-state index contributed by atoms with van der Waals surface area (Å²) in [7, 11) is 2.21. The van der Waals surface area contributed by atoms with Gasteiger partial charge in [0.05, 0.1) is 13.2 Å². The maximum Gasteiger partial charge on any atom is 0.541 e. The highest BCUT2D eigenvalue weighted by Crippen LogP contribution is 2.42. The lowest BCUT2D eigenvalue weighted by Crippen LogP contribution is -2.76. The number of rotatable bonds is 11. The van der Waals surface area contributed by atoms with Crippen LogP contribution < -0.4 is 0 Å². The van der Waals surface area contributed by atoms with Gasteiger partial charge in [-0.2, -0.15) is 0 Å². The molecule has 0 aromatic carbocycles. The van der Waals surface area contributed by atoms with Crippen molar-refractivity contribution in [3.8, 4) is 0 Å². The molecule has 0 radical (unpaired) electrons. The monoisotopic (exact) mass is 382 g/mol. The van der Waals surface area contributed by atoms with Crippen molar-refractivity contribution >= 4 is 16.4 Å². The number of hydrogen-bond donors (Lipinski definition) is 0. The fraction of sp³-hybridized carbons (Fsp3) is 1.00. The lowest BCUT2D eigenvalue weighted by molar-refractivity contribution is -0.204. The maximum atomic E-state index is 6.35. The molecule has 10 heteroatoms. The van der Waals surface area contributed by atoms with Crippen LogP contribution in [-0.4, -0.2) is 83.7 Å². The number of hydrogen-bond acceptors (Lipinski definition) is 8. The van der Waals surface area contributed by atoms with Gasteiger partial charge in [-0.1, -0.05) is 0 Å². The third-order valence-corrected chi connectivity index (χ3v) is 15.9. The maximum absolute atomic E-state index is 6.35. The van der Waals surface area contributed by atoms with Crippen LogP contribution in [0, 0.1) is 0 Å². The van der Waals surface area contributed by atoms with E-state index >= 15 is 0 Å². The molecule has 2 aliphatic heterocycles. The van der Waals surface area contributed by atoms with Crippen molar-refractivity contribution in [2.45, 2.75) is 37.2 Å². The Kier molecular flexibility index (Phi) is 7.38. The normalized spacial score (nSPS) is 31.1. The van der Waals surface area contributed by atoms with Gasteiger partial charge in [0.25, 0.3) is 0 Å². The van der Waals surface area contributed by atoms with Crippen LogP contribution in [-0.2, 0) is 36.3 Å². The molecule has 2 heterocycles. The summed E-state index contributed by atoms with van der Waals surface area (Å²) in [5.41, 5.74) is 0. The Morgan fingerprint density at radius 1 is 1.04 bits per heavy atom. The molecule has 0 N–H and O–H groups in total. The smallest absolute Gasteiger partial charge is 0.395 e. The Hall–Kier alpha value is 0.114. The van der Waals surface area contributed by atoms with Crippen LogP contribution in [0.4, 0.5) is 0 Å². The molecule has 0 bridgehead atoms. The Bertz CT molecular complexity index is 387. The molecule has 8 nitrogen and oxygen atoms in total. The molecular formula is C14H30O8Si2. The van der Waals surface area contributed by atoms with Crippen LogP contribution in [0.1, 0.15) is 19.3 Å². The van der Waals surface area contributed by atoms with Crippen molar-refractivity contribution < 1.29 is 36.3 Å². The fourth-order valence-corrected chi connectivity index (χ4v) is 12.8. The first kappa shape index (κ1) is 20.4. The first-order valence-corrected chi connectivity index (χ1v) is 12.9. The van der Waals surface area contributed by atoms with Gasteiger partial charge < -0.3 is 36.3 Å². The molecule has 2 unspecified atom stereocenters. The van der Waals surface area contributed by atoms with Gasteiger partial charge in [0.15, 0.2) is 5.79 Å². The van der Waals surface area contributed by atoms with Crippen molar-refractivity contribution in [3.05, 3.63) is 0 Å². The molecule has 2 atom stereocenters. The summed E-state index contributed by atoms with van der Waals surface area (Å²) in [6, 6.07) is 0.693. The van der Waals surface area contributed by atoms with Crippen LogP contribution in [0.2, 0.25) is 6.04 Å². The predicted molar refractivity (Wildman–Crippen MR) is 89.6 cm³/mol. The van der Waals surface area contributed by atoms with Crippen molar-refractivity contribution in [2.24, 2.45) is 0 Å². The summed E-state index contributed by atoms with van der Waals surface area (Å²) < 4.78 is 45.8. The van der Waals surface area contributed by atoms with E-state index in [1.54, 1.807) is 35.5 Å². The standard InChI is InChI=1S/C14H30O8Si2/c1-15-14(7-6-9-20-11-13-12-21-13)8-10-23(16-2,17-3)24(18-4,19-5)22-14/h13H,6-12H2,1-5H3. The Balaban J connectivity index is 1.99. The second-order valence-electron chi connectivity index (χ2n) is 5.98. The lowest BCUT2D eigenvalue weighted by Gasteiger charge is -2.49. The minimum atomic E-state index is -3.13. The molecule has 2 fully saturated rings. The summed E-state index contributed by atoms with van der Waals surface area (Å²) >= 11 is 0. The zero-order valence-corrected chi connectivity index (χ0v) is 17.3. The average Bonchev–Trinajstić information content (AvgIpc) is 3.45. The van der Waals surface area contributed by atoms with E-state index in [-0.39, 0.29) is 6.10 Å². The van der Waals surface area contributed by atoms with E-state index < -0.39 is 22.2 Å². The van der Waals surface area contributed by atoms with Crippen molar-refractivity contribution in [1.82, 2.24) is 0 Å². The summed E-state index contributed by atoms with van der Waals surface area (Å²) in [6.45, 7) is 2.10. The zero-order chi connectivity index (χ0) is 17.7. The van der Waals surface area contributed by atoms with E-state index in [1.807, 2.05) is 0 Å². The van der Waals surface area contributed by atoms with Gasteiger partial charge in [-0.05, 0) is 6.42 Å². The highest BCUT2D eigenvalue weighted by molar-refractivity contribution is 7.29. The van der Waals surface area contributed by atoms with Crippen LogP contribution in [0.3, 0.4) is 0 Å². The number of ether oxygens (including phenoxy) is 3. The molecule has 0 aromatic rings. The minimum absolute atomic E-state index is 0.282. The van der Waals surface area contributed by atoms with E-state index in [0.29, 0.717) is 32.1 Å². The molecule has 2 saturated heterocycles. The van der Waals surface area contributed by atoms with Crippen molar-refractivity contribution in [3.63, 3.8) is 0 Å². The summed E-state index contributed by atoms with van der Waals surface area (Å²) in [6.07, 6.45) is 2.45. The third kappa shape index (κ3) is 4.09. The lowest BCUT2D eigenvalue weighted by atomic mass is 10.1. The van der Waals surface area contributed by atoms with E-state index in [2.05, 4.69) is 0 Å². The molecule has 142 valence electrons. The summed E-state index contributed by atoms with van der Waals surface area (Å²) in [5, 5.41) is 0. The Morgan fingerprint density at radius 2 is 1.71 bits per heavy atom. The van der Waals surface area contributed by atoms with Crippen LogP contribution in [0.25, 0.3) is 0 Å². The first-order valence-electron chi connectivity index (χ1n) is 8.20. The minimum Gasteiger partial charge on any atom is -0.395 e. The predicted octanol–water partition coefficient (Wildman–Crippen LogP) is 0.990. The van der Waals surface area contributed by atoms with E-state index in [1.165, 1.54) is 0 Å². The highest BCUT2D eigenvalue weighted by Gasteiger charge is 2.72. The van der Waals surface area contributed by atoms with Crippen molar-refractivity contribution in [2.75, 3.05) is 55.4 Å². The van der Waals surface area contributed by atoms with Crippen molar-refractivity contribution in [1.29, 1.82) is 0 Å². The van der Waals surface area contributed by atoms with Gasteiger partial charge in [0.1, 0.15) is 6.10 Å². The van der Waals surface area contributed by atoms with Crippen LogP contribution in [0.15, 0.2) is 0 Å². The fourth-order valence-electron chi connectivity index (χ4n) is 3.14. The topological polar surface area (TPSA) is 77.1 Å². The number of epoxide rings is 1. The second-order valence-corrected chi connectivity index (χ2v) is 15.1. The molecule has 0 aliphatic carbocycles. The SMILES string of the molecule is COC1(CCCOCC2CO2)CC[Si](OC)(OC)[Si](OC)(OC)O1. The van der Waals surface area contributed by atoms with E-state index in [4.69, 9.17) is 36.3 Å². The molecule has 0 amide bonds. The molecule has 0 aromatic heterocycles. The van der Waals surface area contributed by atoms with Gasteiger partial charge in [0.2, 0.25) is 0 Å². The first-order chi connectivity index (χ1) is 11.5. The quantitative estimate of drug-likeness (QED) is 0.297. The van der Waals surface area contributed by atoms with Gasteiger partial charge in [-0.25, -0.2) is 0 Å². The summed E-state index contributed by atoms with van der Waals surface area (Å²) in [4.78, 5) is 0. The van der Waals surface area contributed by atoms with Gasteiger partial charge in [0, 0.05) is 61.0 Å². The molecule has 24 heavy (non-hydrogen) atoms.